The first kappa shape index (κ1) is 15.5. The Hall–Kier alpha value is -0.843. The summed E-state index contributed by atoms with van der Waals surface area (Å²) in [6.45, 7) is 12.7. The number of anilines is 1. The fourth-order valence-corrected chi connectivity index (χ4v) is 3.15. The van der Waals surface area contributed by atoms with E-state index in [1.54, 1.807) is 0 Å². The minimum Gasteiger partial charge on any atom is -0.432 e. The summed E-state index contributed by atoms with van der Waals surface area (Å²) < 4.78 is 0. The van der Waals surface area contributed by atoms with Crippen LogP contribution in [0.15, 0.2) is 24.3 Å². The fourth-order valence-electron chi connectivity index (χ4n) is 2.51. The van der Waals surface area contributed by atoms with Gasteiger partial charge in [-0.15, -0.1) is 0 Å². The smallest absolute Gasteiger partial charge is 0.188 e. The molecule has 20 heavy (non-hydrogen) atoms. The van der Waals surface area contributed by atoms with Gasteiger partial charge in [0.25, 0.3) is 0 Å². The Bertz CT molecular complexity index is 448. The van der Waals surface area contributed by atoms with Crippen molar-refractivity contribution in [3.8, 4) is 0 Å². The van der Waals surface area contributed by atoms with Crippen molar-refractivity contribution in [2.45, 2.75) is 38.4 Å². The van der Waals surface area contributed by atoms with Crippen molar-refractivity contribution in [2.24, 2.45) is 0 Å². The van der Waals surface area contributed by atoms with Gasteiger partial charge in [-0.1, -0.05) is 26.0 Å². The second-order valence-corrected chi connectivity index (χ2v) is 11.5. The summed E-state index contributed by atoms with van der Waals surface area (Å²) in [6.07, 6.45) is 0.947. The number of piperazine rings is 1. The van der Waals surface area contributed by atoms with E-state index in [1.807, 2.05) is 13.1 Å². The first-order chi connectivity index (χ1) is 9.29. The predicted molar refractivity (Wildman–Crippen MR) is 89.0 cm³/mol. The van der Waals surface area contributed by atoms with Gasteiger partial charge in [-0.05, 0) is 42.2 Å². The zero-order valence-corrected chi connectivity index (χ0v) is 14.2. The van der Waals surface area contributed by atoms with Crippen molar-refractivity contribution in [1.29, 1.82) is 0 Å². The summed E-state index contributed by atoms with van der Waals surface area (Å²) in [6, 6.07) is 8.83. The minimum atomic E-state index is -2.15. The van der Waals surface area contributed by atoms with Gasteiger partial charge in [0.15, 0.2) is 8.32 Å². The van der Waals surface area contributed by atoms with Gasteiger partial charge >= 0.3 is 0 Å². The molecule has 2 N–H and O–H groups in total. The van der Waals surface area contributed by atoms with Crippen LogP contribution < -0.4 is 10.2 Å². The zero-order chi connectivity index (χ0) is 14.8. The van der Waals surface area contributed by atoms with E-state index in [0.717, 1.165) is 32.6 Å². The first-order valence-electron chi connectivity index (χ1n) is 7.57. The lowest BCUT2D eigenvalue weighted by molar-refractivity contribution is 0.467. The van der Waals surface area contributed by atoms with Crippen LogP contribution in [0.3, 0.4) is 0 Å². The normalized spacial score (nSPS) is 17.4. The van der Waals surface area contributed by atoms with Gasteiger partial charge in [0.1, 0.15) is 0 Å². The lowest BCUT2D eigenvalue weighted by Gasteiger charge is -2.35. The van der Waals surface area contributed by atoms with Gasteiger partial charge in [-0.3, -0.25) is 0 Å². The maximum Gasteiger partial charge on any atom is 0.188 e. The monoisotopic (exact) mass is 292 g/mol. The van der Waals surface area contributed by atoms with Crippen LogP contribution in [0.1, 0.15) is 19.4 Å². The third kappa shape index (κ3) is 3.62. The van der Waals surface area contributed by atoms with Crippen LogP contribution in [0, 0.1) is 0 Å². The van der Waals surface area contributed by atoms with Crippen LogP contribution in [-0.2, 0) is 6.42 Å². The van der Waals surface area contributed by atoms with E-state index in [4.69, 9.17) is 0 Å². The molecule has 0 radical (unpaired) electrons. The zero-order valence-electron chi connectivity index (χ0n) is 13.2. The van der Waals surface area contributed by atoms with Gasteiger partial charge in [0.05, 0.1) is 0 Å². The number of hydrogen-bond donors (Lipinski definition) is 2. The second kappa shape index (κ2) is 5.88. The summed E-state index contributed by atoms with van der Waals surface area (Å²) in [5.74, 6) is 0. The lowest BCUT2D eigenvalue weighted by atomic mass is 10.0. The highest BCUT2D eigenvalue weighted by Crippen LogP contribution is 2.39. The molecule has 4 heteroatoms. The van der Waals surface area contributed by atoms with Gasteiger partial charge < -0.3 is 15.0 Å². The van der Waals surface area contributed by atoms with E-state index in [9.17, 15) is 4.80 Å². The predicted octanol–water partition coefficient (Wildman–Crippen LogP) is 2.62. The summed E-state index contributed by atoms with van der Waals surface area (Å²) in [5, 5.41) is 3.38. The molecule has 1 heterocycles. The van der Waals surface area contributed by atoms with Gasteiger partial charge in [0.2, 0.25) is 0 Å². The lowest BCUT2D eigenvalue weighted by Crippen LogP contribution is -2.43. The summed E-state index contributed by atoms with van der Waals surface area (Å²) in [7, 11) is -2.15. The third-order valence-corrected chi connectivity index (χ3v) is 8.18. The first-order valence-corrected chi connectivity index (χ1v) is 10.5. The molecule has 0 unspecified atom stereocenters. The Morgan fingerprint density at radius 3 is 2.50 bits per heavy atom. The molecule has 1 fully saturated rings. The molecule has 3 nitrogen and oxygen atoms in total. The molecule has 0 bridgehead atoms. The molecule has 0 amide bonds. The molecule has 0 saturated carbocycles. The van der Waals surface area contributed by atoms with Crippen LogP contribution in [0.2, 0.25) is 18.1 Å². The van der Waals surface area contributed by atoms with Crippen LogP contribution in [0.25, 0.3) is 0 Å². The highest BCUT2D eigenvalue weighted by Gasteiger charge is 2.37. The Labute approximate surface area is 124 Å². The SMILES string of the molecule is CC(C)(Cc1cccc(N2CCNCC2)c1)[Si](C)(C)O. The van der Waals surface area contributed by atoms with E-state index < -0.39 is 8.32 Å². The number of rotatable bonds is 4. The van der Waals surface area contributed by atoms with E-state index in [-0.39, 0.29) is 5.04 Å². The molecular formula is C16H28N2OSi. The summed E-state index contributed by atoms with van der Waals surface area (Å²) in [5.41, 5.74) is 2.65. The highest BCUT2D eigenvalue weighted by molar-refractivity contribution is 6.72. The van der Waals surface area contributed by atoms with E-state index in [1.165, 1.54) is 11.3 Å². The van der Waals surface area contributed by atoms with E-state index in [0.29, 0.717) is 0 Å². The second-order valence-electron chi connectivity index (χ2n) is 7.03. The van der Waals surface area contributed by atoms with Crippen molar-refractivity contribution in [3.05, 3.63) is 29.8 Å². The largest absolute Gasteiger partial charge is 0.432 e. The maximum atomic E-state index is 10.4. The van der Waals surface area contributed by atoms with Crippen molar-refractivity contribution in [3.63, 3.8) is 0 Å². The van der Waals surface area contributed by atoms with Crippen molar-refractivity contribution in [1.82, 2.24) is 5.32 Å². The quantitative estimate of drug-likeness (QED) is 0.838. The molecule has 1 aliphatic rings. The Balaban J connectivity index is 2.13. The average Bonchev–Trinajstić information content (AvgIpc) is 2.38. The van der Waals surface area contributed by atoms with Crippen LogP contribution in [0.5, 0.6) is 0 Å². The standard InChI is InChI=1S/C16H28N2OSi/c1-16(2,20(3,4)19)13-14-6-5-7-15(12-14)18-10-8-17-9-11-18/h5-7,12,17,19H,8-11,13H2,1-4H3. The van der Waals surface area contributed by atoms with Crippen LogP contribution in [0.4, 0.5) is 5.69 Å². The Morgan fingerprint density at radius 2 is 1.90 bits per heavy atom. The number of nitrogens with one attached hydrogen (secondary N) is 1. The Kier molecular flexibility index (Phi) is 4.57. The highest BCUT2D eigenvalue weighted by atomic mass is 28.4. The molecule has 2 rings (SSSR count). The third-order valence-electron chi connectivity index (χ3n) is 4.69. The van der Waals surface area contributed by atoms with Crippen LogP contribution in [-0.4, -0.2) is 39.3 Å². The Morgan fingerprint density at radius 1 is 1.25 bits per heavy atom. The summed E-state index contributed by atoms with van der Waals surface area (Å²) in [4.78, 5) is 12.9. The fraction of sp³-hybridized carbons (Fsp3) is 0.625. The molecule has 0 aliphatic carbocycles. The number of benzene rings is 1. The van der Waals surface area contributed by atoms with Crippen molar-refractivity contribution in [2.75, 3.05) is 31.1 Å². The summed E-state index contributed by atoms with van der Waals surface area (Å²) >= 11 is 0. The molecular weight excluding hydrogens is 264 g/mol. The number of nitrogens with zero attached hydrogens (tertiary/aromatic N) is 1. The van der Waals surface area contributed by atoms with Crippen molar-refractivity contribution >= 4 is 14.0 Å². The molecule has 0 spiro atoms. The molecule has 1 aromatic carbocycles. The van der Waals surface area contributed by atoms with E-state index in [2.05, 4.69) is 48.3 Å². The maximum absolute atomic E-state index is 10.4. The average molecular weight is 292 g/mol. The van der Waals surface area contributed by atoms with Gasteiger partial charge in [-0.25, -0.2) is 0 Å². The molecule has 1 saturated heterocycles. The molecule has 112 valence electrons. The molecule has 0 atom stereocenters. The van der Waals surface area contributed by atoms with Gasteiger partial charge in [0, 0.05) is 31.9 Å². The molecule has 1 aromatic rings. The molecule has 1 aliphatic heterocycles. The van der Waals surface area contributed by atoms with Gasteiger partial charge in [-0.2, -0.15) is 0 Å². The van der Waals surface area contributed by atoms with Crippen LogP contribution >= 0.6 is 0 Å². The minimum absolute atomic E-state index is 0.00488. The number of hydrogen-bond acceptors (Lipinski definition) is 3. The van der Waals surface area contributed by atoms with E-state index >= 15 is 0 Å². The topological polar surface area (TPSA) is 35.5 Å². The van der Waals surface area contributed by atoms with Crippen molar-refractivity contribution < 1.29 is 4.80 Å². The molecule has 0 aromatic heterocycles.